The minimum absolute atomic E-state index is 0.0830. The summed E-state index contributed by atoms with van der Waals surface area (Å²) in [4.78, 5) is 14.8. The van der Waals surface area contributed by atoms with Crippen molar-refractivity contribution in [3.05, 3.63) is 66.0 Å². The quantitative estimate of drug-likeness (QED) is 0.796. The van der Waals surface area contributed by atoms with Crippen molar-refractivity contribution in [3.8, 4) is 0 Å². The Morgan fingerprint density at radius 2 is 1.77 bits per heavy atom. The minimum atomic E-state index is -0.208. The smallest absolute Gasteiger partial charge is 0.260 e. The highest BCUT2D eigenvalue weighted by molar-refractivity contribution is 5.94. The first kappa shape index (κ1) is 16.2. The van der Waals surface area contributed by atoms with Crippen LogP contribution >= 0.6 is 0 Å². The van der Waals surface area contributed by atoms with E-state index in [1.165, 1.54) is 5.56 Å². The maximum Gasteiger partial charge on any atom is 0.260 e. The third-order valence-corrected chi connectivity index (χ3v) is 3.71. The summed E-state index contributed by atoms with van der Waals surface area (Å²) in [5.74, 6) is 0.0830. The molecule has 3 nitrogen and oxygen atoms in total. The molecule has 3 heteroatoms. The normalized spacial score (nSPS) is 11.3. The first-order valence-electron chi connectivity index (χ1n) is 7.69. The molecule has 22 heavy (non-hydrogen) atoms. The average molecular weight is 297 g/mol. The van der Waals surface area contributed by atoms with E-state index < -0.39 is 0 Å². The second-order valence-electron chi connectivity index (χ2n) is 6.62. The maximum atomic E-state index is 12.9. The van der Waals surface area contributed by atoms with E-state index in [1.54, 1.807) is 0 Å². The van der Waals surface area contributed by atoms with Crippen molar-refractivity contribution >= 4 is 5.91 Å². The molecular formula is C19H25N2O+. The Morgan fingerprint density at radius 1 is 1.09 bits per heavy atom. The Labute approximate surface area is 133 Å². The monoisotopic (exact) mass is 297 g/mol. The highest BCUT2D eigenvalue weighted by atomic mass is 16.2. The van der Waals surface area contributed by atoms with E-state index in [4.69, 9.17) is 0 Å². The van der Waals surface area contributed by atoms with E-state index in [9.17, 15) is 4.79 Å². The number of benzene rings is 1. The van der Waals surface area contributed by atoms with Crippen molar-refractivity contribution in [1.29, 1.82) is 0 Å². The second-order valence-corrected chi connectivity index (χ2v) is 6.62. The van der Waals surface area contributed by atoms with Crippen LogP contribution in [0.5, 0.6) is 0 Å². The molecule has 0 saturated heterocycles. The number of pyridine rings is 1. The van der Waals surface area contributed by atoms with Crippen molar-refractivity contribution in [2.45, 2.75) is 32.7 Å². The summed E-state index contributed by atoms with van der Waals surface area (Å²) in [6.07, 6.45) is 4.68. The number of carbonyl (C=O) groups is 1. The number of aromatic nitrogens is 1. The van der Waals surface area contributed by atoms with Crippen LogP contribution in [0.2, 0.25) is 0 Å². The van der Waals surface area contributed by atoms with Crippen LogP contribution in [-0.2, 0) is 13.5 Å². The summed E-state index contributed by atoms with van der Waals surface area (Å²) in [6, 6.07) is 14.1. The summed E-state index contributed by atoms with van der Waals surface area (Å²) in [5.41, 5.74) is 1.77. The molecular weight excluding hydrogens is 272 g/mol. The zero-order valence-corrected chi connectivity index (χ0v) is 13.9. The summed E-state index contributed by atoms with van der Waals surface area (Å²) >= 11 is 0. The highest BCUT2D eigenvalue weighted by Crippen LogP contribution is 2.17. The van der Waals surface area contributed by atoms with Crippen LogP contribution in [0.15, 0.2) is 54.9 Å². The van der Waals surface area contributed by atoms with Gasteiger partial charge < -0.3 is 4.90 Å². The molecule has 2 rings (SSSR count). The second kappa shape index (κ2) is 6.73. The van der Waals surface area contributed by atoms with Gasteiger partial charge in [-0.2, -0.15) is 0 Å². The molecule has 116 valence electrons. The van der Waals surface area contributed by atoms with Gasteiger partial charge in [0.05, 0.1) is 0 Å². The lowest BCUT2D eigenvalue weighted by Crippen LogP contribution is -2.47. The Morgan fingerprint density at radius 3 is 2.36 bits per heavy atom. The van der Waals surface area contributed by atoms with Crippen molar-refractivity contribution in [2.75, 3.05) is 6.54 Å². The van der Waals surface area contributed by atoms with Crippen LogP contribution in [0.4, 0.5) is 0 Å². The van der Waals surface area contributed by atoms with Gasteiger partial charge in [-0.3, -0.25) is 4.79 Å². The molecule has 0 saturated carbocycles. The number of hydrogen-bond acceptors (Lipinski definition) is 1. The minimum Gasteiger partial charge on any atom is -0.333 e. The molecule has 0 aliphatic rings. The van der Waals surface area contributed by atoms with E-state index in [0.717, 1.165) is 12.0 Å². The fraction of sp³-hybridized carbons (Fsp3) is 0.368. The largest absolute Gasteiger partial charge is 0.333 e. The summed E-state index contributed by atoms with van der Waals surface area (Å²) in [6.45, 7) is 6.96. The van der Waals surface area contributed by atoms with Crippen molar-refractivity contribution in [3.63, 3.8) is 0 Å². The van der Waals surface area contributed by atoms with E-state index in [1.807, 2.05) is 59.2 Å². The molecule has 0 bridgehead atoms. The predicted octanol–water partition coefficient (Wildman–Crippen LogP) is 2.99. The van der Waals surface area contributed by atoms with E-state index >= 15 is 0 Å². The van der Waals surface area contributed by atoms with Crippen LogP contribution in [0.1, 0.15) is 36.7 Å². The Kier molecular flexibility index (Phi) is 4.96. The summed E-state index contributed by atoms with van der Waals surface area (Å²) < 4.78 is 1.91. The molecule has 0 unspecified atom stereocenters. The van der Waals surface area contributed by atoms with Gasteiger partial charge in [0.2, 0.25) is 0 Å². The predicted molar refractivity (Wildman–Crippen MR) is 88.6 cm³/mol. The molecule has 0 spiro atoms. The Hall–Kier alpha value is -2.16. The zero-order chi connectivity index (χ0) is 16.2. The Bertz CT molecular complexity index is 629. The van der Waals surface area contributed by atoms with E-state index in [-0.39, 0.29) is 11.4 Å². The molecule has 0 aliphatic heterocycles. The lowest BCUT2D eigenvalue weighted by Gasteiger charge is -2.35. The first-order chi connectivity index (χ1) is 10.4. The maximum absolute atomic E-state index is 12.9. The Balaban J connectivity index is 2.18. The van der Waals surface area contributed by atoms with Crippen molar-refractivity contribution in [1.82, 2.24) is 4.90 Å². The summed E-state index contributed by atoms with van der Waals surface area (Å²) in [5, 5.41) is 0. The molecule has 1 aromatic carbocycles. The molecule has 0 aliphatic carbocycles. The van der Waals surface area contributed by atoms with Crippen molar-refractivity contribution < 1.29 is 9.36 Å². The molecule has 0 fully saturated rings. The number of nitrogens with zero attached hydrogens (tertiary/aromatic N) is 2. The van der Waals surface area contributed by atoms with Gasteiger partial charge in [-0.15, -0.1) is 0 Å². The van der Waals surface area contributed by atoms with Gasteiger partial charge in [0, 0.05) is 18.2 Å². The lowest BCUT2D eigenvalue weighted by atomic mass is 10.0. The fourth-order valence-corrected chi connectivity index (χ4v) is 2.50. The topological polar surface area (TPSA) is 24.2 Å². The van der Waals surface area contributed by atoms with Gasteiger partial charge in [0.15, 0.2) is 12.4 Å². The SMILES string of the molecule is C[n+]1cccc(C(=O)N(CCc2ccccc2)C(C)(C)C)c1. The third-order valence-electron chi connectivity index (χ3n) is 3.71. The summed E-state index contributed by atoms with van der Waals surface area (Å²) in [7, 11) is 1.93. The lowest BCUT2D eigenvalue weighted by molar-refractivity contribution is -0.671. The van der Waals surface area contributed by atoms with Crippen LogP contribution < -0.4 is 4.57 Å². The average Bonchev–Trinajstić information content (AvgIpc) is 2.47. The van der Waals surface area contributed by atoms with Gasteiger partial charge in [0.25, 0.3) is 5.91 Å². The number of aryl methyl sites for hydroxylation is 1. The van der Waals surface area contributed by atoms with E-state index in [2.05, 4.69) is 32.9 Å². The number of hydrogen-bond donors (Lipinski definition) is 0. The van der Waals surface area contributed by atoms with Gasteiger partial charge in [-0.1, -0.05) is 30.3 Å². The zero-order valence-electron chi connectivity index (χ0n) is 13.9. The fourth-order valence-electron chi connectivity index (χ4n) is 2.50. The number of rotatable bonds is 4. The molecule has 1 amide bonds. The number of amides is 1. The van der Waals surface area contributed by atoms with Crippen molar-refractivity contribution in [2.24, 2.45) is 7.05 Å². The highest BCUT2D eigenvalue weighted by Gasteiger charge is 2.28. The van der Waals surface area contributed by atoms with Gasteiger partial charge in [-0.25, -0.2) is 4.57 Å². The molecule has 0 radical (unpaired) electrons. The van der Waals surface area contributed by atoms with Gasteiger partial charge in [0.1, 0.15) is 12.6 Å². The van der Waals surface area contributed by atoms with Gasteiger partial charge in [-0.05, 0) is 38.8 Å². The standard InChI is InChI=1S/C19H25N2O/c1-19(2,3)21(14-12-16-9-6-5-7-10-16)18(22)17-11-8-13-20(4)15-17/h5-11,13,15H,12,14H2,1-4H3/q+1. The van der Waals surface area contributed by atoms with Gasteiger partial charge >= 0.3 is 0 Å². The molecule has 0 atom stereocenters. The van der Waals surface area contributed by atoms with Crippen LogP contribution in [0.25, 0.3) is 0 Å². The molecule has 1 heterocycles. The van der Waals surface area contributed by atoms with Crippen LogP contribution in [0.3, 0.4) is 0 Å². The third kappa shape index (κ3) is 4.17. The molecule has 1 aromatic heterocycles. The van der Waals surface area contributed by atoms with Crippen LogP contribution in [0, 0.1) is 0 Å². The van der Waals surface area contributed by atoms with Crippen LogP contribution in [-0.4, -0.2) is 22.9 Å². The molecule has 2 aromatic rings. The first-order valence-corrected chi connectivity index (χ1v) is 7.69. The van der Waals surface area contributed by atoms with E-state index in [0.29, 0.717) is 6.54 Å². The number of carbonyl (C=O) groups excluding carboxylic acids is 1. The molecule has 0 N–H and O–H groups in total.